The maximum Gasteiger partial charge on any atom is 0.346 e. The van der Waals surface area contributed by atoms with Crippen LogP contribution in [0.5, 0.6) is 11.5 Å². The Hall–Kier alpha value is -3.55. The van der Waals surface area contributed by atoms with E-state index in [0.29, 0.717) is 43.9 Å². The first-order chi connectivity index (χ1) is 15.6. The van der Waals surface area contributed by atoms with Crippen molar-refractivity contribution in [1.82, 2.24) is 19.7 Å². The summed E-state index contributed by atoms with van der Waals surface area (Å²) in [5, 5.41) is 7.71. The van der Waals surface area contributed by atoms with Crippen molar-refractivity contribution in [2.75, 3.05) is 13.7 Å². The number of rotatable bonds is 5. The predicted molar refractivity (Wildman–Crippen MR) is 118 cm³/mol. The van der Waals surface area contributed by atoms with Gasteiger partial charge in [0, 0.05) is 25.4 Å². The van der Waals surface area contributed by atoms with Gasteiger partial charge < -0.3 is 14.8 Å². The number of fused-ring (bicyclic) bond motifs is 2. The Balaban J connectivity index is 1.27. The van der Waals surface area contributed by atoms with E-state index < -0.39 is 0 Å². The van der Waals surface area contributed by atoms with Gasteiger partial charge in [-0.25, -0.2) is 9.48 Å². The summed E-state index contributed by atoms with van der Waals surface area (Å²) in [6.07, 6.45) is 2.88. The van der Waals surface area contributed by atoms with Gasteiger partial charge in [-0.3, -0.25) is 9.36 Å². The van der Waals surface area contributed by atoms with Crippen LogP contribution in [0, 0.1) is 0 Å². The second-order valence-corrected chi connectivity index (χ2v) is 8.25. The molecule has 0 saturated heterocycles. The quantitative estimate of drug-likeness (QED) is 0.665. The van der Waals surface area contributed by atoms with Crippen LogP contribution in [0.1, 0.15) is 40.2 Å². The van der Waals surface area contributed by atoms with Crippen molar-refractivity contribution >= 4 is 5.91 Å². The molecule has 5 rings (SSSR count). The third kappa shape index (κ3) is 3.88. The molecule has 3 heterocycles. The molecule has 2 aromatic carbocycles. The van der Waals surface area contributed by atoms with Crippen molar-refractivity contribution in [2.24, 2.45) is 0 Å². The molecule has 32 heavy (non-hydrogen) atoms. The number of carbonyl (C=O) groups excluding carboxylic acids is 1. The molecule has 3 aromatic rings. The van der Waals surface area contributed by atoms with Crippen LogP contribution in [0.25, 0.3) is 0 Å². The number of nitrogens with one attached hydrogen (secondary N) is 1. The van der Waals surface area contributed by atoms with E-state index in [1.165, 1.54) is 4.68 Å². The maximum absolute atomic E-state index is 12.9. The Labute approximate surface area is 185 Å². The Morgan fingerprint density at radius 1 is 1.22 bits per heavy atom. The van der Waals surface area contributed by atoms with Crippen molar-refractivity contribution in [1.29, 1.82) is 0 Å². The second kappa shape index (κ2) is 8.53. The first-order valence-corrected chi connectivity index (χ1v) is 11.0. The predicted octanol–water partition coefficient (Wildman–Crippen LogP) is 2.17. The normalized spacial score (nSPS) is 17.1. The summed E-state index contributed by atoms with van der Waals surface area (Å²) in [5.41, 5.74) is 2.50. The molecule has 1 unspecified atom stereocenters. The van der Waals surface area contributed by atoms with Crippen LogP contribution in [-0.4, -0.2) is 40.0 Å². The molecule has 2 aliphatic rings. The number of hydrogen-bond acceptors (Lipinski definition) is 5. The molecular formula is C24H26N4O4. The van der Waals surface area contributed by atoms with E-state index in [1.807, 2.05) is 36.4 Å². The summed E-state index contributed by atoms with van der Waals surface area (Å²) >= 11 is 0. The van der Waals surface area contributed by atoms with Crippen molar-refractivity contribution in [3.05, 3.63) is 75.5 Å². The van der Waals surface area contributed by atoms with Gasteiger partial charge in [-0.2, -0.15) is 5.10 Å². The average molecular weight is 434 g/mol. The lowest BCUT2D eigenvalue weighted by molar-refractivity contribution is 0.0929. The molecule has 0 radical (unpaired) electrons. The third-order valence-corrected chi connectivity index (χ3v) is 6.18. The van der Waals surface area contributed by atoms with Crippen molar-refractivity contribution in [2.45, 2.75) is 44.8 Å². The fraction of sp³-hybridized carbons (Fsp3) is 0.375. The topological polar surface area (TPSA) is 87.4 Å². The lowest BCUT2D eigenvalue weighted by Crippen LogP contribution is -2.36. The summed E-state index contributed by atoms with van der Waals surface area (Å²) in [5.74, 6) is 2.10. The molecule has 0 fully saturated rings. The van der Waals surface area contributed by atoms with Gasteiger partial charge in [-0.15, -0.1) is 0 Å². The van der Waals surface area contributed by atoms with Gasteiger partial charge in [0.05, 0.1) is 25.8 Å². The van der Waals surface area contributed by atoms with Crippen LogP contribution in [0.4, 0.5) is 0 Å². The summed E-state index contributed by atoms with van der Waals surface area (Å²) in [4.78, 5) is 25.8. The summed E-state index contributed by atoms with van der Waals surface area (Å²) in [6.45, 7) is 1.54. The van der Waals surface area contributed by atoms with Crippen LogP contribution in [-0.2, 0) is 25.9 Å². The Bertz CT molecular complexity index is 1210. The van der Waals surface area contributed by atoms with E-state index in [9.17, 15) is 9.59 Å². The van der Waals surface area contributed by atoms with Gasteiger partial charge in [0.2, 0.25) is 0 Å². The zero-order valence-corrected chi connectivity index (χ0v) is 18.0. The first kappa shape index (κ1) is 20.4. The van der Waals surface area contributed by atoms with Gasteiger partial charge in [0.1, 0.15) is 17.3 Å². The molecule has 0 aliphatic carbocycles. The van der Waals surface area contributed by atoms with Gasteiger partial charge in [0.25, 0.3) is 5.91 Å². The highest BCUT2D eigenvalue weighted by Crippen LogP contribution is 2.29. The Morgan fingerprint density at radius 3 is 2.97 bits per heavy atom. The number of nitrogens with zero attached hydrogens (tertiary/aromatic N) is 3. The zero-order chi connectivity index (χ0) is 22.1. The number of carbonyl (C=O) groups is 1. The van der Waals surface area contributed by atoms with E-state index in [-0.39, 0.29) is 17.6 Å². The third-order valence-electron chi connectivity index (χ3n) is 6.18. The zero-order valence-electron chi connectivity index (χ0n) is 18.0. The minimum absolute atomic E-state index is 0.0207. The molecule has 166 valence electrons. The van der Waals surface area contributed by atoms with Crippen molar-refractivity contribution in [3.8, 4) is 11.5 Å². The van der Waals surface area contributed by atoms with Crippen LogP contribution in [0.3, 0.4) is 0 Å². The van der Waals surface area contributed by atoms with E-state index in [1.54, 1.807) is 17.7 Å². The SMILES string of the molecule is COc1cccc(Cn2nc3n(c2=O)CCC(NC(=O)c2cccc4c2OCC4)CC3)c1. The number of para-hydroxylation sites is 1. The summed E-state index contributed by atoms with van der Waals surface area (Å²) in [6, 6.07) is 13.3. The molecule has 2 aliphatic heterocycles. The second-order valence-electron chi connectivity index (χ2n) is 8.25. The van der Waals surface area contributed by atoms with Gasteiger partial charge >= 0.3 is 5.69 Å². The van der Waals surface area contributed by atoms with E-state index >= 15 is 0 Å². The highest BCUT2D eigenvalue weighted by molar-refractivity contribution is 5.97. The van der Waals surface area contributed by atoms with Gasteiger partial charge in [-0.05, 0) is 42.2 Å². The van der Waals surface area contributed by atoms with E-state index in [4.69, 9.17) is 9.47 Å². The monoisotopic (exact) mass is 434 g/mol. The van der Waals surface area contributed by atoms with Crippen molar-refractivity contribution in [3.63, 3.8) is 0 Å². The minimum atomic E-state index is -0.122. The lowest BCUT2D eigenvalue weighted by Gasteiger charge is -2.17. The molecule has 8 heteroatoms. The van der Waals surface area contributed by atoms with Crippen LogP contribution >= 0.6 is 0 Å². The molecule has 0 saturated carbocycles. The number of ether oxygens (including phenoxy) is 2. The number of methoxy groups -OCH3 is 1. The Kier molecular flexibility index (Phi) is 5.43. The molecule has 0 bridgehead atoms. The van der Waals surface area contributed by atoms with Crippen LogP contribution in [0.2, 0.25) is 0 Å². The molecular weight excluding hydrogens is 408 g/mol. The average Bonchev–Trinajstić information content (AvgIpc) is 3.34. The molecule has 0 spiro atoms. The summed E-state index contributed by atoms with van der Waals surface area (Å²) < 4.78 is 14.2. The number of benzene rings is 2. The fourth-order valence-corrected chi connectivity index (χ4v) is 4.48. The number of aromatic nitrogens is 3. The Morgan fingerprint density at radius 2 is 2.09 bits per heavy atom. The number of hydrogen-bond donors (Lipinski definition) is 1. The molecule has 1 amide bonds. The largest absolute Gasteiger partial charge is 0.497 e. The van der Waals surface area contributed by atoms with Gasteiger partial charge in [0.15, 0.2) is 0 Å². The fourth-order valence-electron chi connectivity index (χ4n) is 4.48. The van der Waals surface area contributed by atoms with E-state index in [2.05, 4.69) is 10.4 Å². The molecule has 1 N–H and O–H groups in total. The molecule has 8 nitrogen and oxygen atoms in total. The maximum atomic E-state index is 12.9. The summed E-state index contributed by atoms with van der Waals surface area (Å²) in [7, 11) is 1.62. The van der Waals surface area contributed by atoms with Crippen LogP contribution < -0.4 is 20.5 Å². The highest BCUT2D eigenvalue weighted by atomic mass is 16.5. The lowest BCUT2D eigenvalue weighted by atomic mass is 10.1. The molecule has 1 atom stereocenters. The highest BCUT2D eigenvalue weighted by Gasteiger charge is 2.25. The van der Waals surface area contributed by atoms with Gasteiger partial charge in [-0.1, -0.05) is 24.3 Å². The number of aryl methyl sites for hydroxylation is 1. The van der Waals surface area contributed by atoms with Crippen LogP contribution in [0.15, 0.2) is 47.3 Å². The minimum Gasteiger partial charge on any atom is -0.497 e. The molecule has 1 aromatic heterocycles. The smallest absolute Gasteiger partial charge is 0.346 e. The van der Waals surface area contributed by atoms with E-state index in [0.717, 1.165) is 35.5 Å². The standard InChI is InChI=1S/C24H26N4O4/c1-31-19-6-2-4-16(14-19)15-28-24(30)27-12-10-18(8-9-21(27)26-28)25-23(29)20-7-3-5-17-11-13-32-22(17)20/h2-7,14,18H,8-13,15H2,1H3,(H,25,29). The van der Waals surface area contributed by atoms with Crippen molar-refractivity contribution < 1.29 is 14.3 Å². The first-order valence-electron chi connectivity index (χ1n) is 11.0. The number of amides is 1.